The Kier molecular flexibility index (Phi) is 4.97. The van der Waals surface area contributed by atoms with Crippen molar-refractivity contribution in [3.8, 4) is 5.75 Å². The Bertz CT molecular complexity index is 873. The van der Waals surface area contributed by atoms with Gasteiger partial charge in [0.25, 0.3) is 5.91 Å². The predicted molar refractivity (Wildman–Crippen MR) is 105 cm³/mol. The summed E-state index contributed by atoms with van der Waals surface area (Å²) in [6.45, 7) is 3.65. The quantitative estimate of drug-likeness (QED) is 0.841. The molecule has 4 rings (SSSR count). The third-order valence-electron chi connectivity index (χ3n) is 5.72. The highest BCUT2D eigenvalue weighted by molar-refractivity contribution is 5.99. The largest absolute Gasteiger partial charge is 0.487 e. The number of aryl methyl sites for hydroxylation is 2. The summed E-state index contributed by atoms with van der Waals surface area (Å²) in [5, 5.41) is 13.9. The van der Waals surface area contributed by atoms with Crippen LogP contribution in [0.2, 0.25) is 0 Å². The number of carbonyl (C=O) groups is 1. The van der Waals surface area contributed by atoms with Crippen molar-refractivity contribution in [2.45, 2.75) is 38.3 Å². The van der Waals surface area contributed by atoms with Crippen LogP contribution in [0.15, 0.2) is 18.5 Å². The van der Waals surface area contributed by atoms with Crippen molar-refractivity contribution < 1.29 is 14.6 Å². The van der Waals surface area contributed by atoms with E-state index in [4.69, 9.17) is 9.72 Å². The minimum absolute atomic E-state index is 0.0635. The number of anilines is 1. The number of piperidine rings is 1. The van der Waals surface area contributed by atoms with Crippen molar-refractivity contribution in [3.63, 3.8) is 0 Å². The zero-order valence-electron chi connectivity index (χ0n) is 16.6. The Morgan fingerprint density at radius 1 is 1.29 bits per heavy atom. The number of nitrogens with zero attached hydrogens (tertiary/aromatic N) is 5. The van der Waals surface area contributed by atoms with Crippen LogP contribution in [0.4, 0.5) is 5.82 Å². The van der Waals surface area contributed by atoms with Crippen LogP contribution >= 0.6 is 0 Å². The van der Waals surface area contributed by atoms with Gasteiger partial charge in [0.05, 0.1) is 36.3 Å². The second-order valence-corrected chi connectivity index (χ2v) is 7.53. The molecule has 0 saturated carbocycles. The maximum atomic E-state index is 12.5. The average molecular weight is 385 g/mol. The number of fused-ring (bicyclic) bond motifs is 1. The molecule has 1 fully saturated rings. The Hall–Kier alpha value is -2.61. The van der Waals surface area contributed by atoms with E-state index in [1.807, 2.05) is 19.3 Å². The molecule has 0 bridgehead atoms. The number of aliphatic hydroxyl groups is 1. The molecular weight excluding hydrogens is 358 g/mol. The van der Waals surface area contributed by atoms with Gasteiger partial charge in [-0.3, -0.25) is 9.48 Å². The maximum absolute atomic E-state index is 12.5. The Morgan fingerprint density at radius 3 is 2.64 bits per heavy atom. The van der Waals surface area contributed by atoms with E-state index in [2.05, 4.69) is 16.9 Å². The van der Waals surface area contributed by atoms with Gasteiger partial charge in [-0.05, 0) is 18.1 Å². The van der Waals surface area contributed by atoms with E-state index in [1.54, 1.807) is 22.8 Å². The third-order valence-corrected chi connectivity index (χ3v) is 5.72. The zero-order valence-corrected chi connectivity index (χ0v) is 16.6. The van der Waals surface area contributed by atoms with Gasteiger partial charge in [0.1, 0.15) is 11.9 Å². The van der Waals surface area contributed by atoms with Gasteiger partial charge >= 0.3 is 0 Å². The highest BCUT2D eigenvalue weighted by Crippen LogP contribution is 2.35. The lowest BCUT2D eigenvalue weighted by Gasteiger charge is -2.34. The van der Waals surface area contributed by atoms with Crippen molar-refractivity contribution >= 4 is 11.7 Å². The summed E-state index contributed by atoms with van der Waals surface area (Å²) in [6, 6.07) is 1.60. The number of pyridine rings is 1. The molecule has 0 unspecified atom stereocenters. The van der Waals surface area contributed by atoms with E-state index in [1.165, 1.54) is 0 Å². The highest BCUT2D eigenvalue weighted by Gasteiger charge is 2.37. The Morgan fingerprint density at radius 2 is 2.04 bits per heavy atom. The molecule has 1 amide bonds. The first-order valence-electron chi connectivity index (χ1n) is 9.83. The summed E-state index contributed by atoms with van der Waals surface area (Å²) in [5.41, 5.74) is 2.39. The summed E-state index contributed by atoms with van der Waals surface area (Å²) in [6.07, 6.45) is 6.40. The molecule has 0 aromatic carbocycles. The van der Waals surface area contributed by atoms with E-state index >= 15 is 0 Å². The monoisotopic (exact) mass is 385 g/mol. The standard InChI is InChI=1S/C20H27N5O3/c1-4-13-9-16-18(17(12-26)24(3)20(16)27)22-19(13)25-7-5-14(6-8-25)28-15-10-21-23(2)11-15/h9-11,14,17,26H,4-8,12H2,1-3H3/t17-/m0/s1. The smallest absolute Gasteiger partial charge is 0.256 e. The van der Waals surface area contributed by atoms with Gasteiger partial charge in [0.2, 0.25) is 0 Å². The van der Waals surface area contributed by atoms with E-state index in [-0.39, 0.29) is 24.7 Å². The van der Waals surface area contributed by atoms with E-state index in [0.717, 1.165) is 49.5 Å². The van der Waals surface area contributed by atoms with Crippen LogP contribution in [0.3, 0.4) is 0 Å². The van der Waals surface area contributed by atoms with Gasteiger partial charge < -0.3 is 19.6 Å². The lowest BCUT2D eigenvalue weighted by Crippen LogP contribution is -2.39. The SMILES string of the molecule is CCc1cc2c(nc1N1CCC(Oc3cnn(C)c3)CC1)[C@H](CO)N(C)C2=O. The molecular formula is C20H27N5O3. The van der Waals surface area contributed by atoms with Crippen LogP contribution in [0, 0.1) is 0 Å². The predicted octanol–water partition coefficient (Wildman–Crippen LogP) is 1.54. The van der Waals surface area contributed by atoms with Crippen molar-refractivity contribution in [2.24, 2.45) is 7.05 Å². The van der Waals surface area contributed by atoms with Gasteiger partial charge in [0, 0.05) is 40.0 Å². The summed E-state index contributed by atoms with van der Waals surface area (Å²) in [4.78, 5) is 21.2. The first-order chi connectivity index (χ1) is 13.5. The normalized spacial score (nSPS) is 20.0. The van der Waals surface area contributed by atoms with Crippen LogP contribution in [-0.4, -0.2) is 63.5 Å². The Balaban J connectivity index is 1.52. The van der Waals surface area contributed by atoms with Crippen molar-refractivity contribution in [3.05, 3.63) is 35.3 Å². The minimum Gasteiger partial charge on any atom is -0.487 e. The number of ether oxygens (including phenoxy) is 1. The molecule has 28 heavy (non-hydrogen) atoms. The van der Waals surface area contributed by atoms with Gasteiger partial charge in [-0.15, -0.1) is 0 Å². The van der Waals surface area contributed by atoms with Crippen LogP contribution in [0.1, 0.15) is 47.4 Å². The number of aromatic nitrogens is 3. The first kappa shape index (κ1) is 18.7. The fraction of sp³-hybridized carbons (Fsp3) is 0.550. The molecule has 150 valence electrons. The number of likely N-dealkylation sites (N-methyl/N-ethyl adjacent to an activating group) is 1. The second kappa shape index (κ2) is 7.43. The number of carbonyl (C=O) groups excluding carboxylic acids is 1. The fourth-order valence-corrected chi connectivity index (χ4v) is 4.08. The van der Waals surface area contributed by atoms with Crippen LogP contribution < -0.4 is 9.64 Å². The summed E-state index contributed by atoms with van der Waals surface area (Å²) >= 11 is 0. The Labute approximate surface area is 164 Å². The molecule has 0 spiro atoms. The van der Waals surface area contributed by atoms with Crippen LogP contribution in [-0.2, 0) is 13.5 Å². The maximum Gasteiger partial charge on any atom is 0.256 e. The number of aliphatic hydroxyl groups excluding tert-OH is 1. The number of hydrogen-bond donors (Lipinski definition) is 1. The average Bonchev–Trinajstić information content (AvgIpc) is 3.22. The minimum atomic E-state index is -0.362. The van der Waals surface area contributed by atoms with E-state index < -0.39 is 0 Å². The highest BCUT2D eigenvalue weighted by atomic mass is 16.5. The topological polar surface area (TPSA) is 83.7 Å². The molecule has 2 aliphatic rings. The van der Waals surface area contributed by atoms with Crippen LogP contribution in [0.5, 0.6) is 5.75 Å². The van der Waals surface area contributed by atoms with Crippen molar-refractivity contribution in [1.29, 1.82) is 0 Å². The molecule has 1 N–H and O–H groups in total. The number of rotatable bonds is 5. The van der Waals surface area contributed by atoms with Gasteiger partial charge in [0.15, 0.2) is 5.75 Å². The molecule has 8 nitrogen and oxygen atoms in total. The molecule has 1 atom stereocenters. The summed E-state index contributed by atoms with van der Waals surface area (Å²) in [5.74, 6) is 1.67. The zero-order chi connectivity index (χ0) is 19.8. The molecule has 1 saturated heterocycles. The number of hydrogen-bond acceptors (Lipinski definition) is 6. The molecule has 0 aliphatic carbocycles. The van der Waals surface area contributed by atoms with Gasteiger partial charge in [-0.25, -0.2) is 4.98 Å². The lowest BCUT2D eigenvalue weighted by atomic mass is 10.0. The van der Waals surface area contributed by atoms with E-state index in [9.17, 15) is 9.90 Å². The van der Waals surface area contributed by atoms with Crippen molar-refractivity contribution in [2.75, 3.05) is 31.6 Å². The lowest BCUT2D eigenvalue weighted by molar-refractivity contribution is 0.0715. The molecule has 2 aliphatic heterocycles. The van der Waals surface area contributed by atoms with Crippen LogP contribution in [0.25, 0.3) is 0 Å². The first-order valence-corrected chi connectivity index (χ1v) is 9.83. The second-order valence-electron chi connectivity index (χ2n) is 7.53. The van der Waals surface area contributed by atoms with Gasteiger partial charge in [-0.2, -0.15) is 5.10 Å². The molecule has 2 aromatic heterocycles. The summed E-state index contributed by atoms with van der Waals surface area (Å²) < 4.78 is 7.78. The molecule has 2 aromatic rings. The molecule has 0 radical (unpaired) electrons. The number of amides is 1. The molecule has 8 heteroatoms. The van der Waals surface area contributed by atoms with Crippen molar-refractivity contribution in [1.82, 2.24) is 19.7 Å². The van der Waals surface area contributed by atoms with Gasteiger partial charge in [-0.1, -0.05) is 6.92 Å². The molecule has 4 heterocycles. The summed E-state index contributed by atoms with van der Waals surface area (Å²) in [7, 11) is 3.60. The fourth-order valence-electron chi connectivity index (χ4n) is 4.08. The third kappa shape index (κ3) is 3.22. The van der Waals surface area contributed by atoms with E-state index in [0.29, 0.717) is 11.3 Å².